The highest BCUT2D eigenvalue weighted by atomic mass is 35.5. The van der Waals surface area contributed by atoms with E-state index in [4.69, 9.17) is 21.1 Å². The number of carbonyl (C=O) groups excluding carboxylic acids is 3. The number of amides is 4. The smallest absolute Gasteiger partial charge is 0.335 e. The third kappa shape index (κ3) is 6.19. The van der Waals surface area contributed by atoms with Gasteiger partial charge in [-0.05, 0) is 77.4 Å². The van der Waals surface area contributed by atoms with E-state index in [1.807, 2.05) is 73.7 Å². The minimum Gasteiger partial charge on any atom is -0.489 e. The van der Waals surface area contributed by atoms with Crippen molar-refractivity contribution in [2.75, 3.05) is 4.90 Å². The Labute approximate surface area is 259 Å². The summed E-state index contributed by atoms with van der Waals surface area (Å²) in [7, 11) is 0. The Morgan fingerprint density at radius 3 is 2.30 bits per heavy atom. The average Bonchev–Trinajstić information content (AvgIpc) is 3.02. The molecule has 6 rings (SSSR count). The maximum atomic E-state index is 13.7. The number of hydrogen-bond acceptors (Lipinski definition) is 5. The van der Waals surface area contributed by atoms with Crippen molar-refractivity contribution in [3.05, 3.63) is 142 Å². The second-order valence-electron chi connectivity index (χ2n) is 10.3. The molecule has 0 radical (unpaired) electrons. The molecular formula is C36H27ClN2O5. The van der Waals surface area contributed by atoms with Gasteiger partial charge in [-0.2, -0.15) is 0 Å². The maximum absolute atomic E-state index is 13.7. The number of hydrogen-bond donors (Lipinski definition) is 1. The summed E-state index contributed by atoms with van der Waals surface area (Å²) in [6.07, 6.45) is 1.48. The van der Waals surface area contributed by atoms with Crippen LogP contribution >= 0.6 is 11.6 Å². The van der Waals surface area contributed by atoms with Crippen LogP contribution in [0.15, 0.2) is 115 Å². The molecule has 1 fully saturated rings. The Hall–Kier alpha value is -5.40. The number of nitrogens with one attached hydrogen (secondary N) is 1. The van der Waals surface area contributed by atoms with E-state index in [0.29, 0.717) is 34.4 Å². The molecule has 5 aromatic rings. The van der Waals surface area contributed by atoms with Gasteiger partial charge in [-0.3, -0.25) is 14.9 Å². The topological polar surface area (TPSA) is 84.9 Å². The lowest BCUT2D eigenvalue weighted by Crippen LogP contribution is -2.54. The number of imide groups is 2. The summed E-state index contributed by atoms with van der Waals surface area (Å²) in [5, 5.41) is 4.56. The van der Waals surface area contributed by atoms with Gasteiger partial charge in [0.05, 0.1) is 5.69 Å². The number of anilines is 1. The molecular weight excluding hydrogens is 576 g/mol. The fraction of sp³-hybridized carbons (Fsp3) is 0.0833. The predicted molar refractivity (Wildman–Crippen MR) is 171 cm³/mol. The molecule has 0 unspecified atom stereocenters. The van der Waals surface area contributed by atoms with Crippen LogP contribution in [0.2, 0.25) is 5.02 Å². The van der Waals surface area contributed by atoms with Crippen molar-refractivity contribution < 1.29 is 23.9 Å². The molecule has 7 nitrogen and oxygen atoms in total. The van der Waals surface area contributed by atoms with Crippen LogP contribution in [-0.4, -0.2) is 17.8 Å². The van der Waals surface area contributed by atoms with Crippen LogP contribution in [0, 0.1) is 6.92 Å². The minimum absolute atomic E-state index is 0.201. The van der Waals surface area contributed by atoms with E-state index >= 15 is 0 Å². The Kier molecular flexibility index (Phi) is 8.12. The second kappa shape index (κ2) is 12.5. The first-order valence-corrected chi connectivity index (χ1v) is 14.3. The zero-order valence-corrected chi connectivity index (χ0v) is 24.5. The van der Waals surface area contributed by atoms with Crippen molar-refractivity contribution in [1.82, 2.24) is 5.32 Å². The van der Waals surface area contributed by atoms with Crippen LogP contribution < -0.4 is 19.7 Å². The van der Waals surface area contributed by atoms with Crippen LogP contribution in [0.5, 0.6) is 11.5 Å². The molecule has 0 aliphatic carbocycles. The lowest BCUT2D eigenvalue weighted by atomic mass is 9.99. The van der Waals surface area contributed by atoms with Gasteiger partial charge < -0.3 is 9.47 Å². The Bertz CT molecular complexity index is 1920. The van der Waals surface area contributed by atoms with Crippen molar-refractivity contribution in [2.45, 2.75) is 20.1 Å². The van der Waals surface area contributed by atoms with Crippen molar-refractivity contribution in [2.24, 2.45) is 0 Å². The first-order chi connectivity index (χ1) is 21.4. The molecule has 1 aliphatic heterocycles. The first kappa shape index (κ1) is 28.7. The largest absolute Gasteiger partial charge is 0.489 e. The van der Waals surface area contributed by atoms with Crippen molar-refractivity contribution in [3.63, 3.8) is 0 Å². The van der Waals surface area contributed by atoms with Gasteiger partial charge in [-0.1, -0.05) is 83.9 Å². The summed E-state index contributed by atoms with van der Waals surface area (Å²) in [6.45, 7) is 2.61. The van der Waals surface area contributed by atoms with Crippen LogP contribution in [0.4, 0.5) is 10.5 Å². The fourth-order valence-electron chi connectivity index (χ4n) is 4.92. The normalized spacial score (nSPS) is 14.2. The molecule has 0 atom stereocenters. The molecule has 1 aliphatic rings. The highest BCUT2D eigenvalue weighted by molar-refractivity contribution is 6.39. The van der Waals surface area contributed by atoms with Crippen LogP contribution in [0.25, 0.3) is 16.8 Å². The van der Waals surface area contributed by atoms with E-state index < -0.39 is 17.8 Å². The third-order valence-corrected chi connectivity index (χ3v) is 7.46. The molecule has 0 bridgehead atoms. The Morgan fingerprint density at radius 2 is 1.52 bits per heavy atom. The number of rotatable bonds is 8. The number of carbonyl (C=O) groups is 3. The van der Waals surface area contributed by atoms with Crippen molar-refractivity contribution >= 4 is 52.0 Å². The quantitative estimate of drug-likeness (QED) is 0.146. The Balaban J connectivity index is 1.29. The lowest BCUT2D eigenvalue weighted by molar-refractivity contribution is -0.122. The number of urea groups is 1. The van der Waals surface area contributed by atoms with Gasteiger partial charge in [-0.25, -0.2) is 9.69 Å². The van der Waals surface area contributed by atoms with E-state index in [1.54, 1.807) is 42.5 Å². The van der Waals surface area contributed by atoms with Crippen LogP contribution in [0.1, 0.15) is 22.3 Å². The number of halogens is 1. The second-order valence-corrected chi connectivity index (χ2v) is 10.8. The highest BCUT2D eigenvalue weighted by Crippen LogP contribution is 2.33. The molecule has 1 saturated heterocycles. The minimum atomic E-state index is -0.833. The van der Waals surface area contributed by atoms with E-state index in [1.165, 1.54) is 6.08 Å². The third-order valence-electron chi connectivity index (χ3n) is 7.23. The van der Waals surface area contributed by atoms with Crippen LogP contribution in [-0.2, 0) is 22.8 Å². The highest BCUT2D eigenvalue weighted by Gasteiger charge is 2.37. The Morgan fingerprint density at radius 1 is 0.773 bits per heavy atom. The summed E-state index contributed by atoms with van der Waals surface area (Å²) in [5.74, 6) is -0.498. The van der Waals surface area contributed by atoms with Gasteiger partial charge in [0, 0.05) is 10.6 Å². The molecule has 218 valence electrons. The summed E-state index contributed by atoms with van der Waals surface area (Å²) in [6, 6.07) is 32.4. The summed E-state index contributed by atoms with van der Waals surface area (Å²) < 4.78 is 12.0. The molecule has 1 N–H and O–H groups in total. The van der Waals surface area contributed by atoms with Crippen molar-refractivity contribution in [1.29, 1.82) is 0 Å². The number of benzene rings is 5. The zero-order chi connectivity index (χ0) is 30.6. The summed E-state index contributed by atoms with van der Waals surface area (Å²) in [4.78, 5) is 40.6. The maximum Gasteiger partial charge on any atom is 0.335 e. The van der Waals surface area contributed by atoms with E-state index in [9.17, 15) is 14.4 Å². The summed E-state index contributed by atoms with van der Waals surface area (Å²) >= 11 is 6.14. The van der Waals surface area contributed by atoms with E-state index in [2.05, 4.69) is 5.32 Å². The van der Waals surface area contributed by atoms with E-state index in [0.717, 1.165) is 32.4 Å². The molecule has 1 heterocycles. The lowest BCUT2D eigenvalue weighted by Gasteiger charge is -2.26. The first-order valence-electron chi connectivity index (χ1n) is 13.9. The fourth-order valence-corrected chi connectivity index (χ4v) is 5.13. The molecule has 4 amide bonds. The predicted octanol–water partition coefficient (Wildman–Crippen LogP) is 7.63. The van der Waals surface area contributed by atoms with Gasteiger partial charge in [-0.15, -0.1) is 0 Å². The van der Waals surface area contributed by atoms with Crippen molar-refractivity contribution in [3.8, 4) is 11.5 Å². The standard InChI is InChI=1S/C36H27ClN2O5/c1-23-9-11-24(12-10-23)21-43-29-16-14-28(15-17-29)39-35(41)32(34(40)38-36(39)42)20-31-30-8-3-2-6-26(30)13-18-33(31)44-22-25-5-4-7-27(37)19-25/h2-20H,21-22H2,1H3,(H,38,40,42)/b32-20+. The average molecular weight is 603 g/mol. The molecule has 8 heteroatoms. The summed E-state index contributed by atoms with van der Waals surface area (Å²) in [5.41, 5.74) is 3.67. The SMILES string of the molecule is Cc1ccc(COc2ccc(N3C(=O)NC(=O)/C(=C\c4c(OCc5cccc(Cl)c5)ccc5ccccc45)C3=O)cc2)cc1. The van der Waals surface area contributed by atoms with Gasteiger partial charge in [0.2, 0.25) is 0 Å². The van der Waals surface area contributed by atoms with Gasteiger partial charge in [0.1, 0.15) is 30.3 Å². The molecule has 0 aromatic heterocycles. The number of barbiturate groups is 1. The van der Waals surface area contributed by atoms with E-state index in [-0.39, 0.29) is 12.2 Å². The van der Waals surface area contributed by atoms with Gasteiger partial charge in [0.15, 0.2) is 0 Å². The number of aryl methyl sites for hydroxylation is 1. The van der Waals surface area contributed by atoms with Crippen LogP contribution in [0.3, 0.4) is 0 Å². The molecule has 44 heavy (non-hydrogen) atoms. The van der Waals surface area contributed by atoms with Gasteiger partial charge in [0.25, 0.3) is 11.8 Å². The number of ether oxygens (including phenoxy) is 2. The zero-order valence-electron chi connectivity index (χ0n) is 23.8. The number of nitrogens with zero attached hydrogens (tertiary/aromatic N) is 1. The molecule has 5 aromatic carbocycles. The van der Waals surface area contributed by atoms with Gasteiger partial charge >= 0.3 is 6.03 Å². The molecule has 0 spiro atoms. The number of fused-ring (bicyclic) bond motifs is 1. The molecule has 0 saturated carbocycles. The monoisotopic (exact) mass is 602 g/mol.